The number of nitro benzene ring substituents is 1. The van der Waals surface area contributed by atoms with E-state index in [0.717, 1.165) is 0 Å². The number of non-ortho nitro benzene ring substituents is 1. The number of nitrogens with zero attached hydrogens (tertiary/aromatic N) is 3. The van der Waals surface area contributed by atoms with Gasteiger partial charge in [0.15, 0.2) is 0 Å². The number of nitrogens with two attached hydrogens (primary N) is 2. The van der Waals surface area contributed by atoms with Crippen molar-refractivity contribution in [2.75, 3.05) is 30.7 Å². The molecule has 6 N–H and O–H groups in total. The van der Waals surface area contributed by atoms with Gasteiger partial charge in [-0.05, 0) is 69.2 Å². The number of hydrogen-bond donors (Lipinski definition) is 4. The van der Waals surface area contributed by atoms with E-state index >= 15 is 0 Å². The molecule has 0 radical (unpaired) electrons. The highest BCUT2D eigenvalue weighted by atomic mass is 16.6. The molecule has 13 heteroatoms. The van der Waals surface area contributed by atoms with Crippen LogP contribution >= 0.6 is 0 Å². The van der Waals surface area contributed by atoms with Gasteiger partial charge in [0.05, 0.1) is 16.5 Å². The van der Waals surface area contributed by atoms with Crippen molar-refractivity contribution in [1.29, 1.82) is 0 Å². The Labute approximate surface area is 243 Å². The Balaban J connectivity index is 1.26. The number of nitrogen functional groups attached to an aromatic ring is 1. The maximum absolute atomic E-state index is 13.6. The van der Waals surface area contributed by atoms with Crippen LogP contribution in [0, 0.1) is 10.1 Å². The molecule has 2 aliphatic heterocycles. The minimum Gasteiger partial charge on any atom is -0.398 e. The molecule has 2 heterocycles. The van der Waals surface area contributed by atoms with Gasteiger partial charge in [-0.1, -0.05) is 12.1 Å². The lowest BCUT2D eigenvalue weighted by molar-refractivity contribution is -0.384. The van der Waals surface area contributed by atoms with Crippen molar-refractivity contribution in [3.63, 3.8) is 0 Å². The number of rotatable bonds is 11. The summed E-state index contributed by atoms with van der Waals surface area (Å²) in [6.07, 6.45) is 3.94. The van der Waals surface area contributed by atoms with Gasteiger partial charge < -0.3 is 31.9 Å². The fraction of sp³-hybridized carbons (Fsp3) is 0.448. The zero-order chi connectivity index (χ0) is 30.2. The Morgan fingerprint density at radius 3 is 2.31 bits per heavy atom. The number of hydrogen-bond acceptors (Lipinski definition) is 8. The second-order valence-corrected chi connectivity index (χ2v) is 10.6. The first-order chi connectivity index (χ1) is 20.2. The molecule has 13 nitrogen and oxygen atoms in total. The lowest BCUT2D eigenvalue weighted by Gasteiger charge is -2.32. The molecule has 0 aromatic heterocycles. The third-order valence-corrected chi connectivity index (χ3v) is 7.76. The number of likely N-dealkylation sites (tertiary alicyclic amines) is 2. The minimum atomic E-state index is -0.779. The number of nitro groups is 1. The molecular formula is C29H37N7O6. The van der Waals surface area contributed by atoms with Crippen molar-refractivity contribution < 1.29 is 24.1 Å². The second-order valence-electron chi connectivity index (χ2n) is 10.6. The van der Waals surface area contributed by atoms with E-state index < -0.39 is 23.0 Å². The molecule has 2 fully saturated rings. The van der Waals surface area contributed by atoms with Crippen molar-refractivity contribution in [3.8, 4) is 0 Å². The zero-order valence-electron chi connectivity index (χ0n) is 23.4. The van der Waals surface area contributed by atoms with Gasteiger partial charge in [0, 0.05) is 43.1 Å². The topological polar surface area (TPSA) is 194 Å². The molecule has 0 spiro atoms. The molecule has 0 saturated carbocycles. The maximum atomic E-state index is 13.6. The molecule has 3 unspecified atom stereocenters. The fourth-order valence-corrected chi connectivity index (χ4v) is 5.50. The van der Waals surface area contributed by atoms with Crippen molar-refractivity contribution in [2.45, 2.75) is 63.1 Å². The Hall–Kier alpha value is -4.52. The van der Waals surface area contributed by atoms with E-state index in [4.69, 9.17) is 11.5 Å². The Kier molecular flexibility index (Phi) is 10.1. The third-order valence-electron chi connectivity index (χ3n) is 7.76. The van der Waals surface area contributed by atoms with Gasteiger partial charge in [-0.15, -0.1) is 0 Å². The summed E-state index contributed by atoms with van der Waals surface area (Å²) in [4.78, 5) is 65.5. The molecule has 0 bridgehead atoms. The first kappa shape index (κ1) is 30.4. The average Bonchev–Trinajstić information content (AvgIpc) is 3.67. The minimum absolute atomic E-state index is 0.0877. The molecule has 4 rings (SSSR count). The highest BCUT2D eigenvalue weighted by molar-refractivity contribution is 6.00. The number of nitrogens with one attached hydrogen (secondary N) is 2. The molecule has 224 valence electrons. The van der Waals surface area contributed by atoms with E-state index in [2.05, 4.69) is 10.6 Å². The SMILES string of the molecule is Nc1ccccc1C(=O)NCCCCC(N)C(=O)N1CCCC1C(=O)N1CCCC1C(=O)Nc1ccc([N+](=O)[O-])cc1. The van der Waals surface area contributed by atoms with E-state index in [-0.39, 0.29) is 29.3 Å². The van der Waals surface area contributed by atoms with Crippen LogP contribution < -0.4 is 22.1 Å². The summed E-state index contributed by atoms with van der Waals surface area (Å²) in [7, 11) is 0. The van der Waals surface area contributed by atoms with E-state index in [0.29, 0.717) is 81.5 Å². The van der Waals surface area contributed by atoms with Crippen molar-refractivity contribution in [1.82, 2.24) is 15.1 Å². The van der Waals surface area contributed by atoms with Gasteiger partial charge in [-0.25, -0.2) is 0 Å². The summed E-state index contributed by atoms with van der Waals surface area (Å²) in [5, 5.41) is 16.4. The van der Waals surface area contributed by atoms with Crippen molar-refractivity contribution in [2.24, 2.45) is 5.73 Å². The van der Waals surface area contributed by atoms with Crippen LogP contribution in [0.15, 0.2) is 48.5 Å². The zero-order valence-corrected chi connectivity index (χ0v) is 23.4. The van der Waals surface area contributed by atoms with Crippen LogP contribution in [0.5, 0.6) is 0 Å². The molecule has 4 amide bonds. The number of carbonyl (C=O) groups is 4. The van der Waals surface area contributed by atoms with Gasteiger partial charge in [0.2, 0.25) is 17.7 Å². The van der Waals surface area contributed by atoms with Gasteiger partial charge in [0.1, 0.15) is 12.1 Å². The summed E-state index contributed by atoms with van der Waals surface area (Å²) in [6.45, 7) is 1.24. The van der Waals surface area contributed by atoms with Gasteiger partial charge in [0.25, 0.3) is 11.6 Å². The first-order valence-electron chi connectivity index (χ1n) is 14.2. The summed E-state index contributed by atoms with van der Waals surface area (Å²) >= 11 is 0. The number of anilines is 2. The van der Waals surface area contributed by atoms with Crippen LogP contribution in [0.2, 0.25) is 0 Å². The normalized spacial score (nSPS) is 18.9. The number of amides is 4. The lowest BCUT2D eigenvalue weighted by atomic mass is 10.1. The van der Waals surface area contributed by atoms with E-state index in [1.54, 1.807) is 24.3 Å². The average molecular weight is 580 g/mol. The number of benzene rings is 2. The molecule has 42 heavy (non-hydrogen) atoms. The monoisotopic (exact) mass is 579 g/mol. The Morgan fingerprint density at radius 1 is 0.952 bits per heavy atom. The van der Waals surface area contributed by atoms with Crippen LogP contribution in [-0.2, 0) is 14.4 Å². The van der Waals surface area contributed by atoms with Crippen molar-refractivity contribution in [3.05, 3.63) is 64.2 Å². The third kappa shape index (κ3) is 7.21. The number of unbranched alkanes of at least 4 members (excludes halogenated alkanes) is 1. The fourth-order valence-electron chi connectivity index (χ4n) is 5.50. The van der Waals surface area contributed by atoms with Crippen LogP contribution in [0.1, 0.15) is 55.3 Å². The molecule has 2 aromatic rings. The summed E-state index contributed by atoms with van der Waals surface area (Å²) in [6, 6.07) is 10.2. The smallest absolute Gasteiger partial charge is 0.269 e. The second kappa shape index (κ2) is 13.9. The predicted molar refractivity (Wildman–Crippen MR) is 156 cm³/mol. The van der Waals surface area contributed by atoms with Gasteiger partial charge in [-0.2, -0.15) is 0 Å². The van der Waals surface area contributed by atoms with Crippen molar-refractivity contribution >= 4 is 40.7 Å². The quantitative estimate of drug-likeness (QED) is 0.134. The summed E-state index contributed by atoms with van der Waals surface area (Å²) < 4.78 is 0. The molecule has 2 aromatic carbocycles. The standard InChI is InChI=1S/C29H37N7O6/c30-22-8-2-1-7-21(22)26(37)32-16-4-3-9-23(31)28(39)35-18-6-11-25(35)29(40)34-17-5-10-24(34)27(38)33-19-12-14-20(15-13-19)36(41)42/h1-2,7-8,12-15,23-25H,3-6,9-11,16-18,30-31H2,(H,32,37)(H,33,38). The van der Waals surface area contributed by atoms with Crippen LogP contribution in [0.25, 0.3) is 0 Å². The number of para-hydroxylation sites is 1. The Morgan fingerprint density at radius 2 is 1.62 bits per heavy atom. The summed E-state index contributed by atoms with van der Waals surface area (Å²) in [5.74, 6) is -1.19. The Bertz CT molecular complexity index is 1320. The predicted octanol–water partition coefficient (Wildman–Crippen LogP) is 2.03. The maximum Gasteiger partial charge on any atom is 0.269 e. The molecular weight excluding hydrogens is 542 g/mol. The van der Waals surface area contributed by atoms with E-state index in [1.165, 1.54) is 34.1 Å². The molecule has 2 saturated heterocycles. The van der Waals surface area contributed by atoms with E-state index in [1.807, 2.05) is 0 Å². The molecule has 3 atom stereocenters. The highest BCUT2D eigenvalue weighted by Gasteiger charge is 2.42. The van der Waals surface area contributed by atoms with Crippen LogP contribution in [-0.4, -0.2) is 76.1 Å². The molecule has 2 aliphatic rings. The molecule has 0 aliphatic carbocycles. The largest absolute Gasteiger partial charge is 0.398 e. The van der Waals surface area contributed by atoms with Crippen LogP contribution in [0.3, 0.4) is 0 Å². The first-order valence-corrected chi connectivity index (χ1v) is 14.2. The van der Waals surface area contributed by atoms with Gasteiger partial charge >= 0.3 is 0 Å². The van der Waals surface area contributed by atoms with Gasteiger partial charge in [-0.3, -0.25) is 29.3 Å². The van der Waals surface area contributed by atoms with E-state index in [9.17, 15) is 29.3 Å². The van der Waals surface area contributed by atoms with Crippen LogP contribution in [0.4, 0.5) is 17.1 Å². The highest BCUT2D eigenvalue weighted by Crippen LogP contribution is 2.27. The number of carbonyl (C=O) groups excluding carboxylic acids is 4. The summed E-state index contributed by atoms with van der Waals surface area (Å²) in [5.41, 5.74) is 13.2. The lowest BCUT2D eigenvalue weighted by Crippen LogP contribution is -2.54.